The van der Waals surface area contributed by atoms with Crippen molar-refractivity contribution in [2.75, 3.05) is 46.2 Å². The van der Waals surface area contributed by atoms with Gasteiger partial charge in [0.2, 0.25) is 0 Å². The molecule has 0 spiro atoms. The largest absolute Gasteiger partial charge is 0.394 e. The highest BCUT2D eigenvalue weighted by Gasteiger charge is 2.59. The normalized spacial score (nSPS) is 55.4. The molecule has 21 aliphatic heterocycles. The molecule has 14 bridgehead atoms. The molecule has 0 radical (unpaired) electrons. The Balaban J connectivity index is 1.08. The van der Waals surface area contributed by atoms with Crippen LogP contribution in [0.4, 0.5) is 0 Å². The van der Waals surface area contributed by atoms with E-state index < -0.39 is 261 Å². The minimum absolute atomic E-state index is 1.05. The molecular weight excluding hydrogens is 1060 g/mol. The number of hydrogen-bond acceptors (Lipinski definition) is 35. The first-order chi connectivity index (χ1) is 36.7. The Kier molecular flexibility index (Phi) is 20.8. The van der Waals surface area contributed by atoms with E-state index in [1.807, 2.05) is 0 Å². The third kappa shape index (κ3) is 12.1. The van der Waals surface area contributed by atoms with Crippen molar-refractivity contribution in [1.29, 1.82) is 0 Å². The number of aliphatic hydroxyl groups is 21. The van der Waals surface area contributed by atoms with Gasteiger partial charge in [0.1, 0.15) is 171 Å². The molecule has 77 heavy (non-hydrogen) atoms. The van der Waals surface area contributed by atoms with Gasteiger partial charge in [-0.15, -0.1) is 0 Å². The van der Waals surface area contributed by atoms with Crippen LogP contribution in [0.3, 0.4) is 0 Å². The summed E-state index contributed by atoms with van der Waals surface area (Å²) in [6.07, 6.45) is -70.2. The molecule has 21 aliphatic rings. The van der Waals surface area contributed by atoms with E-state index in [9.17, 15) is 107 Å². The standard InChI is InChI=1S/C42H70O35/c43-1-8-29-15(50)22(57)36(64-8)72-30-9(2-44)66-38(24(59)17(30)52)74-32-11(4-46)68-40(26(61)19(32)54)76-34-13(6-48)70-42(28(63)21(34)56)77-35-14(7-49)69-41(27(62)20(35)55)75-33-12(5-47)67-39(25(60)18(33)53)73-31-10(3-45)65-37(71-29)23(58)16(31)51/h8-63H,1-7H2/t8-,9-,10-,11-,12-,13-,14-,15-,16-,17-,18?,19?,20-,21-,22-,23-,24-,25-,26-,27-,28-,29-,30-,31-,32-,33-,34-,35-,36-,37-,38-,39-,40+,41-,42-/m1/s1. The van der Waals surface area contributed by atoms with E-state index in [1.54, 1.807) is 0 Å². The van der Waals surface area contributed by atoms with Gasteiger partial charge in [0.25, 0.3) is 0 Å². The maximum Gasteiger partial charge on any atom is 0.187 e. The maximum absolute atomic E-state index is 11.3. The average molecular weight is 1130 g/mol. The molecule has 35 heteroatoms. The van der Waals surface area contributed by atoms with Crippen molar-refractivity contribution in [3.63, 3.8) is 0 Å². The van der Waals surface area contributed by atoms with Gasteiger partial charge < -0.3 is 174 Å². The molecule has 0 saturated carbocycles. The van der Waals surface area contributed by atoms with Crippen LogP contribution in [0.25, 0.3) is 0 Å². The van der Waals surface area contributed by atoms with Gasteiger partial charge in [0, 0.05) is 0 Å². The van der Waals surface area contributed by atoms with Crippen LogP contribution < -0.4 is 0 Å². The fourth-order valence-electron chi connectivity index (χ4n) is 10.4. The fraction of sp³-hybridized carbons (Fsp3) is 1.00. The van der Waals surface area contributed by atoms with Crippen LogP contribution in [0.1, 0.15) is 0 Å². The zero-order chi connectivity index (χ0) is 56.1. The second-order valence-electron chi connectivity index (χ2n) is 19.7. The van der Waals surface area contributed by atoms with Gasteiger partial charge in [-0.05, 0) is 0 Å². The molecule has 21 rings (SSSR count). The summed E-state index contributed by atoms with van der Waals surface area (Å²) in [5, 5.41) is 230. The first-order valence-corrected chi connectivity index (χ1v) is 24.6. The van der Waals surface area contributed by atoms with Crippen molar-refractivity contribution in [1.82, 2.24) is 0 Å². The molecule has 448 valence electrons. The van der Waals surface area contributed by atoms with Crippen LogP contribution in [-0.2, 0) is 66.3 Å². The molecular formula is C42H70O35. The molecule has 0 aromatic heterocycles. The average Bonchev–Trinajstić information content (AvgIpc) is 3.42. The summed E-state index contributed by atoms with van der Waals surface area (Å²) in [5.74, 6) is 0. The number of rotatable bonds is 7. The Morgan fingerprint density at radius 2 is 0.260 bits per heavy atom. The number of hydrogen-bond donors (Lipinski definition) is 21. The van der Waals surface area contributed by atoms with Gasteiger partial charge in [-0.3, -0.25) is 0 Å². The van der Waals surface area contributed by atoms with Crippen LogP contribution in [0, 0.1) is 0 Å². The Morgan fingerprint density at radius 1 is 0.156 bits per heavy atom. The van der Waals surface area contributed by atoms with Gasteiger partial charge in [0.15, 0.2) is 44.0 Å². The third-order valence-corrected chi connectivity index (χ3v) is 14.8. The molecule has 35 atom stereocenters. The van der Waals surface area contributed by atoms with Gasteiger partial charge in [-0.25, -0.2) is 0 Å². The molecule has 21 fully saturated rings. The minimum atomic E-state index is -2.21. The first-order valence-electron chi connectivity index (χ1n) is 24.6. The van der Waals surface area contributed by atoms with Crippen molar-refractivity contribution in [3.8, 4) is 0 Å². The fourth-order valence-corrected chi connectivity index (χ4v) is 10.4. The van der Waals surface area contributed by atoms with Crippen LogP contribution >= 0.6 is 0 Å². The monoisotopic (exact) mass is 1130 g/mol. The summed E-state index contributed by atoms with van der Waals surface area (Å²) >= 11 is 0. The van der Waals surface area contributed by atoms with E-state index in [-0.39, 0.29) is 0 Å². The van der Waals surface area contributed by atoms with E-state index in [4.69, 9.17) is 66.3 Å². The van der Waals surface area contributed by atoms with Crippen LogP contribution in [0.5, 0.6) is 0 Å². The molecule has 21 saturated heterocycles. The van der Waals surface area contributed by atoms with Crippen molar-refractivity contribution < 1.29 is 174 Å². The Labute approximate surface area is 434 Å². The summed E-state index contributed by atoms with van der Waals surface area (Å²) in [6.45, 7) is -7.33. The van der Waals surface area contributed by atoms with Crippen molar-refractivity contribution in [3.05, 3.63) is 0 Å². The summed E-state index contributed by atoms with van der Waals surface area (Å²) in [7, 11) is 0. The van der Waals surface area contributed by atoms with Crippen molar-refractivity contribution >= 4 is 0 Å². The zero-order valence-electron chi connectivity index (χ0n) is 40.3. The highest BCUT2D eigenvalue weighted by atomic mass is 16.8. The third-order valence-electron chi connectivity index (χ3n) is 14.8. The highest BCUT2D eigenvalue weighted by molar-refractivity contribution is 5.01. The molecule has 21 heterocycles. The quantitative estimate of drug-likeness (QED) is 0.113. The molecule has 21 N–H and O–H groups in total. The lowest BCUT2D eigenvalue weighted by Crippen LogP contribution is -2.68. The smallest absolute Gasteiger partial charge is 0.187 e. The lowest BCUT2D eigenvalue weighted by Gasteiger charge is -2.50. The number of ether oxygens (including phenoxy) is 14. The topological polar surface area (TPSA) is 554 Å². The molecule has 0 aromatic carbocycles. The summed E-state index contributed by atoms with van der Waals surface area (Å²) in [5.41, 5.74) is 0. The van der Waals surface area contributed by atoms with E-state index in [0.717, 1.165) is 0 Å². The summed E-state index contributed by atoms with van der Waals surface area (Å²) < 4.78 is 79.5. The van der Waals surface area contributed by atoms with Crippen molar-refractivity contribution in [2.24, 2.45) is 0 Å². The van der Waals surface area contributed by atoms with Gasteiger partial charge in [-0.2, -0.15) is 0 Å². The maximum atomic E-state index is 11.3. The predicted octanol–water partition coefficient (Wildman–Crippen LogP) is -15.2. The van der Waals surface area contributed by atoms with Crippen LogP contribution in [0.15, 0.2) is 0 Å². The zero-order valence-corrected chi connectivity index (χ0v) is 40.3. The van der Waals surface area contributed by atoms with Crippen molar-refractivity contribution in [2.45, 2.75) is 215 Å². The van der Waals surface area contributed by atoms with Gasteiger partial charge in [0.05, 0.1) is 46.2 Å². The second kappa shape index (κ2) is 26.0. The summed E-state index contributed by atoms with van der Waals surface area (Å²) in [6, 6.07) is 0. The minimum Gasteiger partial charge on any atom is -0.394 e. The highest BCUT2D eigenvalue weighted by Crippen LogP contribution is 2.39. The van der Waals surface area contributed by atoms with E-state index in [2.05, 4.69) is 0 Å². The molecule has 0 aliphatic carbocycles. The first kappa shape index (κ1) is 61.7. The molecule has 35 nitrogen and oxygen atoms in total. The second-order valence-corrected chi connectivity index (χ2v) is 19.7. The number of aliphatic hydroxyl groups excluding tert-OH is 21. The summed E-state index contributed by atoms with van der Waals surface area (Å²) in [4.78, 5) is 0. The Hall–Kier alpha value is -1.40. The van der Waals surface area contributed by atoms with Crippen LogP contribution in [-0.4, -0.2) is 368 Å². The lowest BCUT2D eigenvalue weighted by molar-refractivity contribution is -0.396. The Morgan fingerprint density at radius 3 is 0.351 bits per heavy atom. The van der Waals surface area contributed by atoms with E-state index in [0.29, 0.717) is 0 Å². The van der Waals surface area contributed by atoms with Gasteiger partial charge in [-0.1, -0.05) is 0 Å². The SMILES string of the molecule is OC[C@H]1O[C@@H]2O[C@H]3C(O)[C@@H](O)[C@H](O[C@H]4[C@H](O)[C@@H](O)[C@@H](O[C@H]5[C@H](O)[C@@H](O)[C@H](O[C@@H]5CO)O[C@H]5C(O)[C@@H](O)[C@@H](O[C@H]6[C@H](O)[C@@H](O)[C@@H](O[C@H]7[C@H](O)[C@@H](O)[C@@H](O[C@H]1[C@H](O)[C@H]2O)O[C@@H]7CO)O[C@@H]6CO)O[C@@H]5CO)O[C@@H]4CO)O[C@@H]3CO. The molecule has 0 aromatic rings. The van der Waals surface area contributed by atoms with E-state index >= 15 is 0 Å². The molecule has 2 unspecified atom stereocenters. The van der Waals surface area contributed by atoms with Crippen LogP contribution in [0.2, 0.25) is 0 Å². The predicted molar refractivity (Wildman–Crippen MR) is 228 cm³/mol. The Bertz CT molecular complexity index is 1470. The van der Waals surface area contributed by atoms with Gasteiger partial charge >= 0.3 is 0 Å². The molecule has 0 amide bonds. The van der Waals surface area contributed by atoms with E-state index in [1.165, 1.54) is 0 Å². The lowest BCUT2D eigenvalue weighted by atomic mass is 9.95.